The second-order valence-electron chi connectivity index (χ2n) is 4.67. The molecule has 1 atom stereocenters. The van der Waals surface area contributed by atoms with Crippen molar-refractivity contribution in [2.75, 3.05) is 6.54 Å². The van der Waals surface area contributed by atoms with Crippen LogP contribution in [0.3, 0.4) is 0 Å². The van der Waals surface area contributed by atoms with Gasteiger partial charge < -0.3 is 16.2 Å². The zero-order chi connectivity index (χ0) is 12.4. The van der Waals surface area contributed by atoms with Crippen LogP contribution in [0.4, 0.5) is 0 Å². The lowest BCUT2D eigenvalue weighted by Crippen LogP contribution is -2.41. The fourth-order valence-electron chi connectivity index (χ4n) is 1.95. The first-order valence-electron chi connectivity index (χ1n) is 5.92. The lowest BCUT2D eigenvalue weighted by Gasteiger charge is -2.16. The maximum absolute atomic E-state index is 12.0. The maximum Gasteiger partial charge on any atom is 0.255 e. The molecule has 1 aromatic carbocycles. The first-order chi connectivity index (χ1) is 8.11. The maximum atomic E-state index is 12.0. The minimum atomic E-state index is -0.246. The Hall–Kier alpha value is -1.55. The van der Waals surface area contributed by atoms with E-state index in [0.717, 1.165) is 18.4 Å². The molecule has 0 heterocycles. The van der Waals surface area contributed by atoms with Crippen molar-refractivity contribution in [2.45, 2.75) is 25.8 Å². The number of aromatic hydroxyl groups is 1. The van der Waals surface area contributed by atoms with Gasteiger partial charge in [0.2, 0.25) is 0 Å². The van der Waals surface area contributed by atoms with Gasteiger partial charge in [0, 0.05) is 12.6 Å². The van der Waals surface area contributed by atoms with Crippen molar-refractivity contribution in [1.29, 1.82) is 0 Å². The third-order valence-electron chi connectivity index (χ3n) is 3.16. The molecule has 0 aromatic heterocycles. The van der Waals surface area contributed by atoms with Crippen molar-refractivity contribution in [3.8, 4) is 5.75 Å². The smallest absolute Gasteiger partial charge is 0.255 e. The Kier molecular flexibility index (Phi) is 3.33. The second kappa shape index (κ2) is 4.75. The number of phenols is 1. The first-order valence-corrected chi connectivity index (χ1v) is 5.92. The van der Waals surface area contributed by atoms with Gasteiger partial charge in [-0.1, -0.05) is 6.07 Å². The van der Waals surface area contributed by atoms with E-state index >= 15 is 0 Å². The number of phenolic OH excluding ortho intramolecular Hbond substituents is 1. The molecule has 0 radical (unpaired) electrons. The van der Waals surface area contributed by atoms with Crippen molar-refractivity contribution >= 4 is 5.91 Å². The molecule has 1 aliphatic carbocycles. The highest BCUT2D eigenvalue weighted by molar-refractivity contribution is 5.97. The number of nitrogens with two attached hydrogens (primary N) is 1. The number of aryl methyl sites for hydroxylation is 1. The largest absolute Gasteiger partial charge is 0.507 e. The molecule has 4 N–H and O–H groups in total. The second-order valence-corrected chi connectivity index (χ2v) is 4.67. The number of carbonyl (C=O) groups is 1. The summed E-state index contributed by atoms with van der Waals surface area (Å²) >= 11 is 0. The highest BCUT2D eigenvalue weighted by Gasteiger charge is 2.31. The number of amides is 1. The predicted octanol–water partition coefficient (Wildman–Crippen LogP) is 1.17. The molecule has 4 nitrogen and oxygen atoms in total. The SMILES string of the molecule is Cc1ccc(C(=O)NC(CN)C2CC2)c(O)c1. The normalized spacial score (nSPS) is 16.6. The summed E-state index contributed by atoms with van der Waals surface area (Å²) in [6.45, 7) is 2.32. The molecular weight excluding hydrogens is 216 g/mol. The third-order valence-corrected chi connectivity index (χ3v) is 3.16. The van der Waals surface area contributed by atoms with E-state index in [9.17, 15) is 9.90 Å². The summed E-state index contributed by atoms with van der Waals surface area (Å²) in [6.07, 6.45) is 2.25. The molecule has 1 fully saturated rings. The summed E-state index contributed by atoms with van der Waals surface area (Å²) in [5, 5.41) is 12.6. The monoisotopic (exact) mass is 234 g/mol. The molecule has 1 amide bonds. The number of hydrogen-bond acceptors (Lipinski definition) is 3. The van der Waals surface area contributed by atoms with Gasteiger partial charge in [0.05, 0.1) is 5.56 Å². The lowest BCUT2D eigenvalue weighted by molar-refractivity contribution is 0.0931. The molecule has 1 aliphatic rings. The Morgan fingerprint density at radius 3 is 2.82 bits per heavy atom. The van der Waals surface area contributed by atoms with Crippen molar-refractivity contribution in [3.63, 3.8) is 0 Å². The molecule has 17 heavy (non-hydrogen) atoms. The van der Waals surface area contributed by atoms with Gasteiger partial charge >= 0.3 is 0 Å². The van der Waals surface area contributed by atoms with Gasteiger partial charge in [-0.25, -0.2) is 0 Å². The van der Waals surface area contributed by atoms with E-state index in [4.69, 9.17) is 5.73 Å². The molecule has 1 saturated carbocycles. The number of hydrogen-bond donors (Lipinski definition) is 3. The van der Waals surface area contributed by atoms with Gasteiger partial charge in [-0.2, -0.15) is 0 Å². The molecule has 4 heteroatoms. The van der Waals surface area contributed by atoms with Crippen LogP contribution in [0.5, 0.6) is 5.75 Å². The standard InChI is InChI=1S/C13H18N2O2/c1-8-2-5-10(12(16)6-8)13(17)15-11(7-14)9-3-4-9/h2,5-6,9,11,16H,3-4,7,14H2,1H3,(H,15,17). The molecule has 0 aliphatic heterocycles. The van der Waals surface area contributed by atoms with E-state index in [1.807, 2.05) is 13.0 Å². The minimum Gasteiger partial charge on any atom is -0.507 e. The summed E-state index contributed by atoms with van der Waals surface area (Å²) in [7, 11) is 0. The summed E-state index contributed by atoms with van der Waals surface area (Å²) in [4.78, 5) is 12.0. The van der Waals surface area contributed by atoms with Gasteiger partial charge in [0.15, 0.2) is 0 Å². The topological polar surface area (TPSA) is 75.4 Å². The number of carbonyl (C=O) groups excluding carboxylic acids is 1. The van der Waals surface area contributed by atoms with Gasteiger partial charge in [0.25, 0.3) is 5.91 Å². The molecule has 1 unspecified atom stereocenters. The fourth-order valence-corrected chi connectivity index (χ4v) is 1.95. The van der Waals surface area contributed by atoms with Crippen molar-refractivity contribution in [3.05, 3.63) is 29.3 Å². The molecule has 1 aromatic rings. The Morgan fingerprint density at radius 1 is 1.59 bits per heavy atom. The molecule has 0 bridgehead atoms. The van der Waals surface area contributed by atoms with Crippen LogP contribution in [0.2, 0.25) is 0 Å². The molecule has 92 valence electrons. The Morgan fingerprint density at radius 2 is 2.29 bits per heavy atom. The average molecular weight is 234 g/mol. The van der Waals surface area contributed by atoms with Crippen molar-refractivity contribution in [2.24, 2.45) is 11.7 Å². The number of rotatable bonds is 4. The first kappa shape index (κ1) is 11.9. The van der Waals surface area contributed by atoms with E-state index < -0.39 is 0 Å². The molecule has 0 saturated heterocycles. The summed E-state index contributed by atoms with van der Waals surface area (Å²) in [5.41, 5.74) is 6.87. The van der Waals surface area contributed by atoms with E-state index in [-0.39, 0.29) is 17.7 Å². The Labute approximate surface area is 101 Å². The van der Waals surface area contributed by atoms with Crippen LogP contribution in [-0.2, 0) is 0 Å². The van der Waals surface area contributed by atoms with E-state index in [1.54, 1.807) is 12.1 Å². The van der Waals surface area contributed by atoms with Crippen LogP contribution in [-0.4, -0.2) is 23.6 Å². The van der Waals surface area contributed by atoms with Crippen molar-refractivity contribution < 1.29 is 9.90 Å². The fraction of sp³-hybridized carbons (Fsp3) is 0.462. The predicted molar refractivity (Wildman–Crippen MR) is 65.9 cm³/mol. The highest BCUT2D eigenvalue weighted by atomic mass is 16.3. The van der Waals surface area contributed by atoms with Crippen molar-refractivity contribution in [1.82, 2.24) is 5.32 Å². The Bertz CT molecular complexity index is 427. The zero-order valence-electron chi connectivity index (χ0n) is 9.94. The van der Waals surface area contributed by atoms with Crippen LogP contribution >= 0.6 is 0 Å². The highest BCUT2D eigenvalue weighted by Crippen LogP contribution is 2.32. The summed E-state index contributed by atoms with van der Waals surface area (Å²) in [5.74, 6) is 0.287. The van der Waals surface area contributed by atoms with Gasteiger partial charge in [-0.05, 0) is 43.4 Å². The van der Waals surface area contributed by atoms with E-state index in [1.165, 1.54) is 0 Å². The van der Waals surface area contributed by atoms with Crippen LogP contribution in [0.15, 0.2) is 18.2 Å². The van der Waals surface area contributed by atoms with Crippen LogP contribution in [0.25, 0.3) is 0 Å². The number of nitrogens with one attached hydrogen (secondary N) is 1. The zero-order valence-corrected chi connectivity index (χ0v) is 9.94. The van der Waals surface area contributed by atoms with Crippen LogP contribution in [0.1, 0.15) is 28.8 Å². The van der Waals surface area contributed by atoms with Gasteiger partial charge in [-0.3, -0.25) is 4.79 Å². The third kappa shape index (κ3) is 2.77. The van der Waals surface area contributed by atoms with E-state index in [2.05, 4.69) is 5.32 Å². The minimum absolute atomic E-state index is 0.0223. The molecule has 0 spiro atoms. The summed E-state index contributed by atoms with van der Waals surface area (Å²) < 4.78 is 0. The van der Waals surface area contributed by atoms with Crippen LogP contribution in [0, 0.1) is 12.8 Å². The Balaban J connectivity index is 2.08. The number of benzene rings is 1. The van der Waals surface area contributed by atoms with Gasteiger partial charge in [0.1, 0.15) is 5.75 Å². The lowest BCUT2D eigenvalue weighted by atomic mass is 10.1. The molecule has 2 rings (SSSR count). The van der Waals surface area contributed by atoms with Crippen LogP contribution < -0.4 is 11.1 Å². The summed E-state index contributed by atoms with van der Waals surface area (Å²) in [6, 6.07) is 5.07. The average Bonchev–Trinajstić information content (AvgIpc) is 3.09. The molecular formula is C13H18N2O2. The van der Waals surface area contributed by atoms with E-state index in [0.29, 0.717) is 18.0 Å². The quantitative estimate of drug-likeness (QED) is 0.732. The van der Waals surface area contributed by atoms with Gasteiger partial charge in [-0.15, -0.1) is 0 Å².